The van der Waals surface area contributed by atoms with Gasteiger partial charge in [-0.15, -0.1) is 0 Å². The molecule has 0 radical (unpaired) electrons. The van der Waals surface area contributed by atoms with Gasteiger partial charge in [-0.3, -0.25) is 0 Å². The fourth-order valence-corrected chi connectivity index (χ4v) is 2.18. The van der Waals surface area contributed by atoms with E-state index >= 15 is 0 Å². The Morgan fingerprint density at radius 1 is 1.25 bits per heavy atom. The van der Waals surface area contributed by atoms with E-state index in [1.807, 2.05) is 32.0 Å². The molecule has 1 aliphatic heterocycles. The van der Waals surface area contributed by atoms with Crippen LogP contribution in [-0.4, -0.2) is 35.7 Å². The quantitative estimate of drug-likeness (QED) is 0.828. The second kappa shape index (κ2) is 6.02. The fourth-order valence-electron chi connectivity index (χ4n) is 2.18. The summed E-state index contributed by atoms with van der Waals surface area (Å²) in [5, 5.41) is 10.3. The molecule has 90 valence electrons. The first-order valence-electron chi connectivity index (χ1n) is 6.13. The second-order valence-electron chi connectivity index (χ2n) is 4.37. The molecule has 0 amide bonds. The van der Waals surface area contributed by atoms with Crippen LogP contribution in [0.3, 0.4) is 0 Å². The Morgan fingerprint density at radius 2 is 1.88 bits per heavy atom. The van der Waals surface area contributed by atoms with Crippen LogP contribution < -0.4 is 0 Å². The molecule has 1 fully saturated rings. The second-order valence-corrected chi connectivity index (χ2v) is 4.37. The highest BCUT2D eigenvalue weighted by Crippen LogP contribution is 2.24. The van der Waals surface area contributed by atoms with Gasteiger partial charge < -0.3 is 10.0 Å². The van der Waals surface area contributed by atoms with Crippen molar-refractivity contribution >= 4 is 0 Å². The molecule has 2 nitrogen and oxygen atoms in total. The van der Waals surface area contributed by atoms with Gasteiger partial charge in [0.15, 0.2) is 0 Å². The molecular weight excluding hydrogens is 198 g/mol. The van der Waals surface area contributed by atoms with Crippen molar-refractivity contribution in [3.05, 3.63) is 35.9 Å². The van der Waals surface area contributed by atoms with Crippen LogP contribution in [-0.2, 0) is 6.42 Å². The molecule has 1 N–H and O–H groups in total. The topological polar surface area (TPSA) is 23.5 Å². The maximum absolute atomic E-state index is 10.3. The minimum absolute atomic E-state index is 0.504. The maximum atomic E-state index is 10.3. The highest BCUT2D eigenvalue weighted by atomic mass is 16.3. The van der Waals surface area contributed by atoms with E-state index in [0.717, 1.165) is 25.9 Å². The van der Waals surface area contributed by atoms with E-state index in [1.54, 1.807) is 0 Å². The van der Waals surface area contributed by atoms with E-state index in [2.05, 4.69) is 24.1 Å². The Labute approximate surface area is 98.9 Å². The molecule has 1 heterocycles. The number of hydrogen-bond donors (Lipinski definition) is 1. The number of rotatable bonds is 2. The summed E-state index contributed by atoms with van der Waals surface area (Å²) in [6.45, 7) is 5.80. The van der Waals surface area contributed by atoms with Gasteiger partial charge >= 0.3 is 0 Å². The summed E-state index contributed by atoms with van der Waals surface area (Å²) in [6.07, 6.45) is 1.66. The molecule has 2 rings (SSSR count). The zero-order valence-electron chi connectivity index (χ0n) is 10.6. The molecule has 1 aromatic rings. The molecule has 0 aromatic heterocycles. The smallest absolute Gasteiger partial charge is 0.0826 e. The third-order valence-corrected chi connectivity index (χ3v) is 2.90. The molecule has 2 heteroatoms. The largest absolute Gasteiger partial charge is 0.388 e. The van der Waals surface area contributed by atoms with Gasteiger partial charge in [0.05, 0.1) is 5.60 Å². The van der Waals surface area contributed by atoms with Gasteiger partial charge in [0.1, 0.15) is 0 Å². The fraction of sp³-hybridized carbons (Fsp3) is 0.571. The summed E-state index contributed by atoms with van der Waals surface area (Å²) < 4.78 is 0. The van der Waals surface area contributed by atoms with Crippen molar-refractivity contribution in [3.8, 4) is 0 Å². The normalized spacial score (nSPS) is 25.0. The lowest BCUT2D eigenvalue weighted by Crippen LogP contribution is -2.34. The van der Waals surface area contributed by atoms with Crippen LogP contribution in [0.2, 0.25) is 0 Å². The number of β-amino-alcohol motifs (C(OH)–C–C–N with tert-alkyl or cyclic N) is 1. The van der Waals surface area contributed by atoms with Crippen molar-refractivity contribution in [2.24, 2.45) is 0 Å². The summed E-state index contributed by atoms with van der Waals surface area (Å²) in [5.41, 5.74) is 0.723. The SMILES string of the molecule is CC.CN1CCC(O)(Cc2ccccc2)C1. The minimum atomic E-state index is -0.504. The van der Waals surface area contributed by atoms with Crippen LogP contribution in [0.15, 0.2) is 30.3 Å². The van der Waals surface area contributed by atoms with E-state index in [4.69, 9.17) is 0 Å². The predicted molar refractivity (Wildman–Crippen MR) is 68.6 cm³/mol. The number of aliphatic hydroxyl groups is 1. The summed E-state index contributed by atoms with van der Waals surface area (Å²) in [7, 11) is 2.06. The number of likely N-dealkylation sites (N-methyl/N-ethyl adjacent to an activating group) is 1. The van der Waals surface area contributed by atoms with Gasteiger partial charge in [0.25, 0.3) is 0 Å². The van der Waals surface area contributed by atoms with Crippen LogP contribution in [0.1, 0.15) is 25.8 Å². The standard InChI is InChI=1S/C12H17NO.C2H6/c1-13-8-7-12(14,10-13)9-11-5-3-2-4-6-11;1-2/h2-6,14H,7-10H2,1H3;1-2H3. The first-order chi connectivity index (χ1) is 7.68. The third-order valence-electron chi connectivity index (χ3n) is 2.90. The number of likely N-dealkylation sites (tertiary alicyclic amines) is 1. The van der Waals surface area contributed by atoms with Gasteiger partial charge in [-0.2, -0.15) is 0 Å². The summed E-state index contributed by atoms with van der Waals surface area (Å²) in [6, 6.07) is 10.2. The number of nitrogens with zero attached hydrogens (tertiary/aromatic N) is 1. The van der Waals surface area contributed by atoms with Gasteiger partial charge in [0, 0.05) is 19.5 Å². The Kier molecular flexibility index (Phi) is 4.97. The molecule has 1 atom stereocenters. The predicted octanol–water partition coefficient (Wildman–Crippen LogP) is 2.32. The van der Waals surface area contributed by atoms with Crippen molar-refractivity contribution in [2.45, 2.75) is 32.3 Å². The Bertz CT molecular complexity index is 299. The molecular formula is C14H23NO. The average Bonchev–Trinajstić information content (AvgIpc) is 2.62. The van der Waals surface area contributed by atoms with Crippen LogP contribution in [0.25, 0.3) is 0 Å². The van der Waals surface area contributed by atoms with E-state index in [9.17, 15) is 5.11 Å². The van der Waals surface area contributed by atoms with Gasteiger partial charge in [0.2, 0.25) is 0 Å². The van der Waals surface area contributed by atoms with Crippen LogP contribution in [0.5, 0.6) is 0 Å². The van der Waals surface area contributed by atoms with Gasteiger partial charge in [-0.1, -0.05) is 44.2 Å². The van der Waals surface area contributed by atoms with Crippen molar-refractivity contribution < 1.29 is 5.11 Å². The van der Waals surface area contributed by atoms with E-state index in [-0.39, 0.29) is 0 Å². The van der Waals surface area contributed by atoms with Crippen molar-refractivity contribution in [3.63, 3.8) is 0 Å². The molecule has 1 aromatic carbocycles. The Morgan fingerprint density at radius 3 is 2.38 bits per heavy atom. The molecule has 0 aliphatic carbocycles. The van der Waals surface area contributed by atoms with Crippen LogP contribution in [0, 0.1) is 0 Å². The van der Waals surface area contributed by atoms with Crippen LogP contribution >= 0.6 is 0 Å². The Hall–Kier alpha value is -0.860. The lowest BCUT2D eigenvalue weighted by atomic mass is 9.94. The molecule has 1 aliphatic rings. The zero-order valence-corrected chi connectivity index (χ0v) is 10.6. The van der Waals surface area contributed by atoms with Gasteiger partial charge in [-0.25, -0.2) is 0 Å². The third kappa shape index (κ3) is 3.62. The van der Waals surface area contributed by atoms with E-state index in [1.165, 1.54) is 5.56 Å². The maximum Gasteiger partial charge on any atom is 0.0826 e. The highest BCUT2D eigenvalue weighted by Gasteiger charge is 2.34. The molecule has 16 heavy (non-hydrogen) atoms. The molecule has 0 saturated carbocycles. The monoisotopic (exact) mass is 221 g/mol. The highest BCUT2D eigenvalue weighted by molar-refractivity contribution is 5.17. The number of hydrogen-bond acceptors (Lipinski definition) is 2. The molecule has 0 bridgehead atoms. The summed E-state index contributed by atoms with van der Waals surface area (Å²) in [4.78, 5) is 2.18. The minimum Gasteiger partial charge on any atom is -0.388 e. The molecule has 1 saturated heterocycles. The average molecular weight is 221 g/mol. The summed E-state index contributed by atoms with van der Waals surface area (Å²) in [5.74, 6) is 0. The van der Waals surface area contributed by atoms with E-state index in [0.29, 0.717) is 0 Å². The zero-order chi connectivity index (χ0) is 12.0. The van der Waals surface area contributed by atoms with E-state index < -0.39 is 5.60 Å². The first-order valence-corrected chi connectivity index (χ1v) is 6.13. The number of benzene rings is 1. The van der Waals surface area contributed by atoms with Crippen molar-refractivity contribution in [1.82, 2.24) is 4.90 Å². The molecule has 0 spiro atoms. The Balaban J connectivity index is 0.000000606. The molecule has 1 unspecified atom stereocenters. The van der Waals surface area contributed by atoms with Crippen LogP contribution in [0.4, 0.5) is 0 Å². The van der Waals surface area contributed by atoms with Crippen molar-refractivity contribution in [2.75, 3.05) is 20.1 Å². The van der Waals surface area contributed by atoms with Gasteiger partial charge in [-0.05, 0) is 19.0 Å². The lowest BCUT2D eigenvalue weighted by molar-refractivity contribution is 0.0523. The first kappa shape index (κ1) is 13.2. The van der Waals surface area contributed by atoms with Crippen molar-refractivity contribution in [1.29, 1.82) is 0 Å². The summed E-state index contributed by atoms with van der Waals surface area (Å²) >= 11 is 0. The lowest BCUT2D eigenvalue weighted by Gasteiger charge is -2.22.